The number of aryl methyl sites for hydroxylation is 3. The molecule has 0 bridgehead atoms. The zero-order chi connectivity index (χ0) is 17.3. The van der Waals surface area contributed by atoms with Crippen molar-refractivity contribution in [1.29, 1.82) is 0 Å². The van der Waals surface area contributed by atoms with Crippen molar-refractivity contribution in [2.24, 2.45) is 7.05 Å². The summed E-state index contributed by atoms with van der Waals surface area (Å²) in [6, 6.07) is 0.304. The zero-order valence-corrected chi connectivity index (χ0v) is 15.1. The molecule has 2 aromatic rings. The lowest BCUT2D eigenvalue weighted by Crippen LogP contribution is -2.41. The lowest BCUT2D eigenvalue weighted by Gasteiger charge is -2.33. The monoisotopic (exact) mass is 329 g/mol. The number of hydrogen-bond acceptors (Lipinski definition) is 3. The third-order valence-electron chi connectivity index (χ3n) is 5.10. The van der Waals surface area contributed by atoms with E-state index in [0.29, 0.717) is 12.5 Å². The second-order valence-electron chi connectivity index (χ2n) is 6.91. The largest absolute Gasteiger partial charge is 0.341 e. The van der Waals surface area contributed by atoms with Crippen LogP contribution >= 0.6 is 0 Å². The smallest absolute Gasteiger partial charge is 0.222 e. The summed E-state index contributed by atoms with van der Waals surface area (Å²) in [6.45, 7) is 7.76. The molecule has 24 heavy (non-hydrogen) atoms. The zero-order valence-electron chi connectivity index (χ0n) is 15.1. The summed E-state index contributed by atoms with van der Waals surface area (Å²) in [6.07, 6.45) is 7.41. The molecular formula is C18H27N5O. The van der Waals surface area contributed by atoms with Gasteiger partial charge in [-0.1, -0.05) is 0 Å². The number of likely N-dealkylation sites (tertiary alicyclic amines) is 1. The van der Waals surface area contributed by atoms with E-state index in [2.05, 4.69) is 23.3 Å². The van der Waals surface area contributed by atoms with Gasteiger partial charge >= 0.3 is 0 Å². The van der Waals surface area contributed by atoms with Gasteiger partial charge in [0.15, 0.2) is 0 Å². The molecule has 130 valence electrons. The van der Waals surface area contributed by atoms with Crippen molar-refractivity contribution in [2.45, 2.75) is 52.5 Å². The summed E-state index contributed by atoms with van der Waals surface area (Å²) in [7, 11) is 1.95. The van der Waals surface area contributed by atoms with Crippen LogP contribution in [0, 0.1) is 20.8 Å². The predicted octanol–water partition coefficient (Wildman–Crippen LogP) is 2.34. The molecular weight excluding hydrogens is 302 g/mol. The van der Waals surface area contributed by atoms with Crippen molar-refractivity contribution in [3.05, 3.63) is 34.9 Å². The Kier molecular flexibility index (Phi) is 4.73. The number of piperidine rings is 1. The van der Waals surface area contributed by atoms with E-state index >= 15 is 0 Å². The molecule has 0 saturated carbocycles. The van der Waals surface area contributed by atoms with Gasteiger partial charge in [-0.05, 0) is 51.2 Å². The number of aromatic nitrogens is 4. The second-order valence-corrected chi connectivity index (χ2v) is 6.91. The molecule has 6 heteroatoms. The van der Waals surface area contributed by atoms with Crippen LogP contribution in [-0.2, 0) is 18.3 Å². The lowest BCUT2D eigenvalue weighted by molar-refractivity contribution is -0.132. The summed E-state index contributed by atoms with van der Waals surface area (Å²) < 4.78 is 3.91. The van der Waals surface area contributed by atoms with Crippen molar-refractivity contribution in [3.8, 4) is 0 Å². The Morgan fingerprint density at radius 3 is 2.75 bits per heavy atom. The summed E-state index contributed by atoms with van der Waals surface area (Å²) in [4.78, 5) is 14.7. The van der Waals surface area contributed by atoms with Gasteiger partial charge in [0.1, 0.15) is 0 Å². The van der Waals surface area contributed by atoms with Crippen LogP contribution in [0.5, 0.6) is 0 Å². The van der Waals surface area contributed by atoms with E-state index in [-0.39, 0.29) is 5.91 Å². The minimum atomic E-state index is 0.242. The first kappa shape index (κ1) is 16.7. The number of carbonyl (C=O) groups is 1. The van der Waals surface area contributed by atoms with E-state index in [1.165, 1.54) is 11.1 Å². The van der Waals surface area contributed by atoms with Crippen molar-refractivity contribution < 1.29 is 4.79 Å². The Morgan fingerprint density at radius 1 is 1.33 bits per heavy atom. The third-order valence-corrected chi connectivity index (χ3v) is 5.10. The molecule has 0 N–H and O–H groups in total. The number of amides is 1. The van der Waals surface area contributed by atoms with E-state index in [1.807, 2.05) is 41.4 Å². The van der Waals surface area contributed by atoms with Gasteiger partial charge in [0.05, 0.1) is 17.9 Å². The van der Waals surface area contributed by atoms with Gasteiger partial charge < -0.3 is 4.90 Å². The van der Waals surface area contributed by atoms with Crippen molar-refractivity contribution >= 4 is 5.91 Å². The molecule has 6 nitrogen and oxygen atoms in total. The average molecular weight is 329 g/mol. The van der Waals surface area contributed by atoms with Crippen LogP contribution < -0.4 is 0 Å². The van der Waals surface area contributed by atoms with Crippen molar-refractivity contribution in [2.75, 3.05) is 13.1 Å². The van der Waals surface area contributed by atoms with E-state index in [9.17, 15) is 4.79 Å². The van der Waals surface area contributed by atoms with Gasteiger partial charge in [-0.25, -0.2) is 0 Å². The van der Waals surface area contributed by atoms with Gasteiger partial charge in [-0.15, -0.1) is 0 Å². The van der Waals surface area contributed by atoms with Crippen LogP contribution in [0.2, 0.25) is 0 Å². The number of hydrogen-bond donors (Lipinski definition) is 0. The van der Waals surface area contributed by atoms with Crippen LogP contribution in [0.4, 0.5) is 0 Å². The molecule has 1 aliphatic rings. The fraction of sp³-hybridized carbons (Fsp3) is 0.611. The van der Waals surface area contributed by atoms with Gasteiger partial charge in [-0.3, -0.25) is 14.2 Å². The Bertz CT molecular complexity index is 730. The van der Waals surface area contributed by atoms with Crippen LogP contribution in [0.25, 0.3) is 0 Å². The van der Waals surface area contributed by atoms with Crippen molar-refractivity contribution in [1.82, 2.24) is 24.5 Å². The highest BCUT2D eigenvalue weighted by atomic mass is 16.2. The van der Waals surface area contributed by atoms with Crippen molar-refractivity contribution in [3.63, 3.8) is 0 Å². The molecule has 0 aromatic carbocycles. The van der Waals surface area contributed by atoms with Gasteiger partial charge in [-0.2, -0.15) is 10.2 Å². The molecule has 1 unspecified atom stereocenters. The number of rotatable bonds is 4. The molecule has 1 saturated heterocycles. The average Bonchev–Trinajstić information content (AvgIpc) is 3.10. The maximum absolute atomic E-state index is 12.7. The van der Waals surface area contributed by atoms with Gasteiger partial charge in [0.25, 0.3) is 0 Å². The molecule has 1 aliphatic heterocycles. The molecule has 0 aliphatic carbocycles. The van der Waals surface area contributed by atoms with Crippen LogP contribution in [0.3, 0.4) is 0 Å². The Labute approximate surface area is 143 Å². The minimum absolute atomic E-state index is 0.242. The molecule has 2 aromatic heterocycles. The van der Waals surface area contributed by atoms with Gasteiger partial charge in [0, 0.05) is 38.4 Å². The molecule has 1 amide bonds. The van der Waals surface area contributed by atoms with E-state index in [4.69, 9.17) is 0 Å². The summed E-state index contributed by atoms with van der Waals surface area (Å²) >= 11 is 0. The van der Waals surface area contributed by atoms with E-state index in [1.54, 1.807) is 0 Å². The quantitative estimate of drug-likeness (QED) is 0.865. The number of carbonyl (C=O) groups excluding carboxylic acids is 1. The Hall–Kier alpha value is -2.11. The standard InChI is InChI=1S/C18H27N5O/c1-13-10-19-23(11-13)16-6-5-9-22(12-16)18(24)8-7-17-14(2)20-21(4)15(17)3/h10-11,16H,5-9,12H2,1-4H3. The lowest BCUT2D eigenvalue weighted by atomic mass is 10.0. The SMILES string of the molecule is Cc1cnn(C2CCCN(C(=O)CCc3c(C)nn(C)c3C)C2)c1. The minimum Gasteiger partial charge on any atom is -0.341 e. The summed E-state index contributed by atoms with van der Waals surface area (Å²) in [5, 5.41) is 8.86. The Morgan fingerprint density at radius 2 is 2.12 bits per heavy atom. The molecule has 3 heterocycles. The summed E-state index contributed by atoms with van der Waals surface area (Å²) in [5.41, 5.74) is 4.57. The highest BCUT2D eigenvalue weighted by Crippen LogP contribution is 2.22. The molecule has 1 atom stereocenters. The highest BCUT2D eigenvalue weighted by Gasteiger charge is 2.25. The maximum Gasteiger partial charge on any atom is 0.222 e. The van der Waals surface area contributed by atoms with Crippen LogP contribution in [0.15, 0.2) is 12.4 Å². The molecule has 0 radical (unpaired) electrons. The fourth-order valence-corrected chi connectivity index (χ4v) is 3.60. The maximum atomic E-state index is 12.7. The van der Waals surface area contributed by atoms with E-state index < -0.39 is 0 Å². The molecule has 1 fully saturated rings. The first-order chi connectivity index (χ1) is 11.5. The Balaban J connectivity index is 1.60. The highest BCUT2D eigenvalue weighted by molar-refractivity contribution is 5.76. The first-order valence-electron chi connectivity index (χ1n) is 8.73. The predicted molar refractivity (Wildman–Crippen MR) is 92.8 cm³/mol. The second kappa shape index (κ2) is 6.79. The van der Waals surface area contributed by atoms with Gasteiger partial charge in [0.2, 0.25) is 5.91 Å². The van der Waals surface area contributed by atoms with Crippen LogP contribution in [0.1, 0.15) is 47.8 Å². The molecule has 0 spiro atoms. The first-order valence-corrected chi connectivity index (χ1v) is 8.73. The topological polar surface area (TPSA) is 56.0 Å². The van der Waals surface area contributed by atoms with E-state index in [0.717, 1.165) is 43.7 Å². The normalized spacial score (nSPS) is 18.2. The molecule has 3 rings (SSSR count). The fourth-order valence-electron chi connectivity index (χ4n) is 3.60. The summed E-state index contributed by atoms with van der Waals surface area (Å²) in [5.74, 6) is 0.242. The number of nitrogens with zero attached hydrogens (tertiary/aromatic N) is 5. The third kappa shape index (κ3) is 3.37. The van der Waals surface area contributed by atoms with Crippen LogP contribution in [-0.4, -0.2) is 43.5 Å².